The molecule has 0 aromatic heterocycles. The van der Waals surface area contributed by atoms with E-state index in [1.165, 1.54) is 42.5 Å². The van der Waals surface area contributed by atoms with Gasteiger partial charge in [-0.25, -0.2) is 0 Å². The zero-order valence-corrected chi connectivity index (χ0v) is 19.2. The van der Waals surface area contributed by atoms with Gasteiger partial charge < -0.3 is 4.84 Å². The maximum Gasteiger partial charge on any atom is 0.399 e. The highest BCUT2D eigenvalue weighted by atomic mass is 35.5. The molecule has 34 heavy (non-hydrogen) atoms. The van der Waals surface area contributed by atoms with E-state index in [0.29, 0.717) is 10.6 Å². The second-order valence-corrected chi connectivity index (χ2v) is 8.48. The largest absolute Gasteiger partial charge is 0.399 e. The Balaban J connectivity index is 1.52. The highest BCUT2D eigenvalue weighted by Crippen LogP contribution is 2.41. The van der Waals surface area contributed by atoms with Crippen LogP contribution < -0.4 is 4.84 Å². The highest BCUT2D eigenvalue weighted by Gasteiger charge is 2.39. The van der Waals surface area contributed by atoms with Gasteiger partial charge in [0.1, 0.15) is 0 Å². The predicted octanol–water partition coefficient (Wildman–Crippen LogP) is 7.60. The number of hydrogen-bond donors (Lipinski definition) is 0. The Morgan fingerprint density at radius 3 is 1.88 bits per heavy atom. The van der Waals surface area contributed by atoms with Gasteiger partial charge >= 0.3 is 6.18 Å². The summed E-state index contributed by atoms with van der Waals surface area (Å²) in [6, 6.07) is 14.4. The van der Waals surface area contributed by atoms with Crippen LogP contribution in [0.5, 0.6) is 5.75 Å². The van der Waals surface area contributed by atoms with Crippen molar-refractivity contribution in [3.63, 3.8) is 0 Å². The van der Waals surface area contributed by atoms with Crippen molar-refractivity contribution in [1.29, 1.82) is 0 Å². The molecule has 0 saturated carbocycles. The highest BCUT2D eigenvalue weighted by molar-refractivity contribution is 6.48. The van der Waals surface area contributed by atoms with Gasteiger partial charge in [0, 0.05) is 0 Å². The van der Waals surface area contributed by atoms with Gasteiger partial charge in [-0.2, -0.15) is 13.2 Å². The summed E-state index contributed by atoms with van der Waals surface area (Å²) in [4.78, 5) is 30.2. The lowest BCUT2D eigenvalue weighted by Gasteiger charge is -2.18. The molecule has 10 heteroatoms. The van der Waals surface area contributed by atoms with E-state index in [-0.39, 0.29) is 37.5 Å². The zero-order chi connectivity index (χ0) is 24.6. The molecule has 174 valence electrons. The van der Waals surface area contributed by atoms with Crippen molar-refractivity contribution >= 4 is 52.7 Å². The molecule has 2 amide bonds. The average Bonchev–Trinajstić information content (AvgIpc) is 3.03. The molecule has 0 saturated heterocycles. The van der Waals surface area contributed by atoms with E-state index in [9.17, 15) is 22.8 Å². The standard InChI is InChI=1S/C24H13Cl3F3NO3/c25-19-11-14(12-20(26)21(19)27)18(24(28,29)30)10-7-13-5-8-15(9-6-13)34-31-22(32)16-3-1-2-4-17(16)23(31)33/h1-12,18H. The van der Waals surface area contributed by atoms with Crippen LogP contribution >= 0.6 is 34.8 Å². The summed E-state index contributed by atoms with van der Waals surface area (Å²) >= 11 is 17.6. The van der Waals surface area contributed by atoms with E-state index >= 15 is 0 Å². The van der Waals surface area contributed by atoms with E-state index in [4.69, 9.17) is 39.6 Å². The van der Waals surface area contributed by atoms with Crippen LogP contribution in [0.3, 0.4) is 0 Å². The van der Waals surface area contributed by atoms with Crippen LogP contribution in [0.1, 0.15) is 37.8 Å². The first kappa shape index (κ1) is 24.1. The molecular weight excluding hydrogens is 514 g/mol. The number of hydrogen-bond acceptors (Lipinski definition) is 3. The summed E-state index contributed by atoms with van der Waals surface area (Å²) in [6.45, 7) is 0. The number of allylic oxidation sites excluding steroid dienone is 1. The quantitative estimate of drug-likeness (QED) is 0.254. The lowest BCUT2D eigenvalue weighted by atomic mass is 9.97. The Bertz CT molecular complexity index is 1250. The van der Waals surface area contributed by atoms with Crippen molar-refractivity contribution in [1.82, 2.24) is 5.06 Å². The van der Waals surface area contributed by atoms with Crippen molar-refractivity contribution in [2.24, 2.45) is 0 Å². The molecule has 1 aliphatic heterocycles. The van der Waals surface area contributed by atoms with Gasteiger partial charge in [-0.15, -0.1) is 0 Å². The van der Waals surface area contributed by atoms with Crippen LogP contribution in [-0.2, 0) is 0 Å². The maximum atomic E-state index is 13.7. The third-order valence-electron chi connectivity index (χ3n) is 5.03. The van der Waals surface area contributed by atoms with Crippen molar-refractivity contribution < 1.29 is 27.6 Å². The first-order chi connectivity index (χ1) is 16.1. The molecule has 1 heterocycles. The van der Waals surface area contributed by atoms with Crippen LogP contribution in [0, 0.1) is 0 Å². The fourth-order valence-corrected chi connectivity index (χ4v) is 3.98. The van der Waals surface area contributed by atoms with Gasteiger partial charge in [0.25, 0.3) is 11.8 Å². The van der Waals surface area contributed by atoms with Crippen molar-refractivity contribution in [3.8, 4) is 5.75 Å². The molecule has 0 N–H and O–H groups in total. The number of fused-ring (bicyclic) bond motifs is 1. The molecular formula is C24H13Cl3F3NO3. The number of carbonyl (C=O) groups excluding carboxylic acids is 2. The number of benzene rings is 3. The molecule has 4 nitrogen and oxygen atoms in total. The van der Waals surface area contributed by atoms with Crippen LogP contribution in [-0.4, -0.2) is 23.1 Å². The number of carbonyl (C=O) groups is 2. The summed E-state index contributed by atoms with van der Waals surface area (Å²) < 4.78 is 41.1. The number of rotatable bonds is 5. The summed E-state index contributed by atoms with van der Waals surface area (Å²) in [7, 11) is 0. The van der Waals surface area contributed by atoms with E-state index in [2.05, 4.69) is 0 Å². The topological polar surface area (TPSA) is 46.6 Å². The lowest BCUT2D eigenvalue weighted by Crippen LogP contribution is -2.33. The second-order valence-electron chi connectivity index (χ2n) is 7.29. The third kappa shape index (κ3) is 4.78. The first-order valence-corrected chi connectivity index (χ1v) is 10.8. The van der Waals surface area contributed by atoms with Crippen LogP contribution in [0.25, 0.3) is 6.08 Å². The van der Waals surface area contributed by atoms with Gasteiger partial charge in [0.2, 0.25) is 0 Å². The van der Waals surface area contributed by atoms with E-state index in [0.717, 1.165) is 18.2 Å². The molecule has 0 aliphatic carbocycles. The van der Waals surface area contributed by atoms with Gasteiger partial charge in [0.05, 0.1) is 32.1 Å². The minimum atomic E-state index is -4.61. The molecule has 3 aromatic carbocycles. The fourth-order valence-electron chi connectivity index (χ4n) is 3.37. The van der Waals surface area contributed by atoms with Crippen LogP contribution in [0.2, 0.25) is 15.1 Å². The van der Waals surface area contributed by atoms with Crippen molar-refractivity contribution in [2.75, 3.05) is 0 Å². The van der Waals surface area contributed by atoms with Crippen molar-refractivity contribution in [2.45, 2.75) is 12.1 Å². The Hall–Kier alpha value is -3.00. The van der Waals surface area contributed by atoms with E-state index in [1.807, 2.05) is 0 Å². The zero-order valence-electron chi connectivity index (χ0n) is 16.9. The Labute approximate surface area is 207 Å². The molecule has 1 atom stereocenters. The fraction of sp³-hybridized carbons (Fsp3) is 0.0833. The van der Waals surface area contributed by atoms with Gasteiger partial charge in [0.15, 0.2) is 5.75 Å². The summed E-state index contributed by atoms with van der Waals surface area (Å²) in [6.07, 6.45) is -2.36. The smallest absolute Gasteiger partial charge is 0.368 e. The second kappa shape index (κ2) is 9.33. The average molecular weight is 527 g/mol. The van der Waals surface area contributed by atoms with Gasteiger partial charge in [-0.05, 0) is 47.5 Å². The molecule has 0 spiro atoms. The molecule has 1 unspecified atom stereocenters. The number of alkyl halides is 3. The third-order valence-corrected chi connectivity index (χ3v) is 6.23. The van der Waals surface area contributed by atoms with Crippen molar-refractivity contribution in [3.05, 3.63) is 104 Å². The Kier molecular flexibility index (Phi) is 6.62. The predicted molar refractivity (Wildman–Crippen MR) is 123 cm³/mol. The van der Waals surface area contributed by atoms with E-state index in [1.54, 1.807) is 12.1 Å². The summed E-state index contributed by atoms with van der Waals surface area (Å²) in [5.74, 6) is -3.01. The first-order valence-electron chi connectivity index (χ1n) is 9.71. The molecule has 0 radical (unpaired) electrons. The summed E-state index contributed by atoms with van der Waals surface area (Å²) in [5.41, 5.74) is 0.726. The molecule has 3 aromatic rings. The normalized spacial score (nSPS) is 14.6. The Morgan fingerprint density at radius 2 is 1.38 bits per heavy atom. The monoisotopic (exact) mass is 525 g/mol. The summed E-state index contributed by atoms with van der Waals surface area (Å²) in [5, 5.41) is 0.456. The SMILES string of the molecule is O=C1c2ccccc2C(=O)N1Oc1ccc(C=CC(c2cc(Cl)c(Cl)c(Cl)c2)C(F)(F)F)cc1. The minimum absolute atomic E-state index is 0.0226. The Morgan fingerprint density at radius 1 is 0.853 bits per heavy atom. The maximum absolute atomic E-state index is 13.7. The minimum Gasteiger partial charge on any atom is -0.368 e. The number of imide groups is 1. The molecule has 0 fully saturated rings. The van der Waals surface area contributed by atoms with Gasteiger partial charge in [-0.1, -0.05) is 76.3 Å². The number of amides is 2. The van der Waals surface area contributed by atoms with Gasteiger partial charge in [-0.3, -0.25) is 9.59 Å². The molecule has 0 bridgehead atoms. The molecule has 1 aliphatic rings. The number of halogens is 6. The number of hydroxylamine groups is 2. The number of nitrogens with zero attached hydrogens (tertiary/aromatic N) is 1. The van der Waals surface area contributed by atoms with Crippen LogP contribution in [0.15, 0.2) is 66.7 Å². The molecule has 4 rings (SSSR count). The van der Waals surface area contributed by atoms with E-state index < -0.39 is 23.9 Å². The lowest BCUT2D eigenvalue weighted by molar-refractivity contribution is -0.139. The van der Waals surface area contributed by atoms with Crippen LogP contribution in [0.4, 0.5) is 13.2 Å².